The molecule has 3 aliphatic rings. The molecule has 0 N–H and O–H groups in total. The summed E-state index contributed by atoms with van der Waals surface area (Å²) in [7, 11) is 0. The molecule has 7 nitrogen and oxygen atoms in total. The molecule has 6 rings (SSSR count). The molecule has 0 bridgehead atoms. The molecule has 3 heterocycles. The number of benzene rings is 2. The third-order valence-electron chi connectivity index (χ3n) is 8.62. The number of rotatable bonds is 4. The van der Waals surface area contributed by atoms with E-state index in [1.54, 1.807) is 12.1 Å². The molecule has 43 heavy (non-hydrogen) atoms. The summed E-state index contributed by atoms with van der Waals surface area (Å²) in [6, 6.07) is 13.4. The van der Waals surface area contributed by atoms with Crippen molar-refractivity contribution in [3.05, 3.63) is 80.0 Å². The SMILES string of the molecule is CC(C)(C)C(=O)N1CCN(C2CN(C(=O)c3nn(-c4ccc(Cl)cc4Cl)c4c3CCC/C4=C\c3ccc(Cl)cc3)C2)CC1. The Labute approximate surface area is 268 Å². The highest BCUT2D eigenvalue weighted by Crippen LogP contribution is 2.38. The van der Waals surface area contributed by atoms with Crippen molar-refractivity contribution in [2.24, 2.45) is 5.41 Å². The monoisotopic (exact) mass is 639 g/mol. The Morgan fingerprint density at radius 3 is 2.21 bits per heavy atom. The average molecular weight is 641 g/mol. The van der Waals surface area contributed by atoms with E-state index >= 15 is 0 Å². The second-order valence-corrected chi connectivity index (χ2v) is 14.0. The van der Waals surface area contributed by atoms with Crippen molar-refractivity contribution in [2.75, 3.05) is 39.3 Å². The molecule has 226 valence electrons. The molecular formula is C33H36Cl3N5O2. The number of halogens is 3. The van der Waals surface area contributed by atoms with Crippen molar-refractivity contribution in [1.29, 1.82) is 0 Å². The Morgan fingerprint density at radius 2 is 1.56 bits per heavy atom. The smallest absolute Gasteiger partial charge is 0.274 e. The van der Waals surface area contributed by atoms with Crippen LogP contribution < -0.4 is 0 Å². The number of amides is 2. The van der Waals surface area contributed by atoms with Crippen molar-refractivity contribution < 1.29 is 9.59 Å². The minimum atomic E-state index is -0.371. The highest BCUT2D eigenvalue weighted by molar-refractivity contribution is 6.35. The van der Waals surface area contributed by atoms with Crippen molar-refractivity contribution in [1.82, 2.24) is 24.5 Å². The van der Waals surface area contributed by atoms with Gasteiger partial charge in [0.05, 0.1) is 16.4 Å². The highest BCUT2D eigenvalue weighted by atomic mass is 35.5. The van der Waals surface area contributed by atoms with Crippen molar-refractivity contribution in [3.8, 4) is 5.69 Å². The van der Waals surface area contributed by atoms with Gasteiger partial charge in [-0.1, -0.05) is 67.7 Å². The topological polar surface area (TPSA) is 61.7 Å². The average Bonchev–Trinajstić information content (AvgIpc) is 3.33. The number of aromatic nitrogens is 2. The van der Waals surface area contributed by atoms with Gasteiger partial charge >= 0.3 is 0 Å². The van der Waals surface area contributed by atoms with Gasteiger partial charge in [0.15, 0.2) is 5.69 Å². The second-order valence-electron chi connectivity index (χ2n) is 12.7. The fourth-order valence-corrected chi connectivity index (χ4v) is 6.87. The van der Waals surface area contributed by atoms with E-state index < -0.39 is 0 Å². The first-order chi connectivity index (χ1) is 20.5. The number of likely N-dealkylation sites (tertiary alicyclic amines) is 1. The largest absolute Gasteiger partial charge is 0.340 e. The lowest BCUT2D eigenvalue weighted by Gasteiger charge is -2.48. The molecule has 0 atom stereocenters. The first kappa shape index (κ1) is 30.2. The molecule has 0 spiro atoms. The van der Waals surface area contributed by atoms with E-state index in [0.29, 0.717) is 45.6 Å². The van der Waals surface area contributed by atoms with Crippen molar-refractivity contribution in [3.63, 3.8) is 0 Å². The van der Waals surface area contributed by atoms with Gasteiger partial charge in [-0.3, -0.25) is 14.5 Å². The number of allylic oxidation sites excluding steroid dienone is 1. The van der Waals surface area contributed by atoms with Crippen molar-refractivity contribution in [2.45, 2.75) is 46.1 Å². The van der Waals surface area contributed by atoms with Gasteiger partial charge in [0, 0.05) is 66.3 Å². The van der Waals surface area contributed by atoms with Crippen LogP contribution in [0, 0.1) is 5.41 Å². The maximum absolute atomic E-state index is 14.0. The quantitative estimate of drug-likeness (QED) is 0.318. The molecule has 3 aromatic rings. The summed E-state index contributed by atoms with van der Waals surface area (Å²) in [6.07, 6.45) is 4.69. The van der Waals surface area contributed by atoms with Crippen LogP contribution >= 0.6 is 34.8 Å². The second kappa shape index (κ2) is 11.9. The molecule has 1 aliphatic carbocycles. The summed E-state index contributed by atoms with van der Waals surface area (Å²) in [5.41, 5.74) is 4.82. The molecule has 2 saturated heterocycles. The van der Waals surface area contributed by atoms with E-state index in [4.69, 9.17) is 39.9 Å². The van der Waals surface area contributed by atoms with Gasteiger partial charge < -0.3 is 9.80 Å². The van der Waals surface area contributed by atoms with Gasteiger partial charge in [-0.15, -0.1) is 0 Å². The molecule has 2 fully saturated rings. The predicted octanol–water partition coefficient (Wildman–Crippen LogP) is 6.72. The maximum Gasteiger partial charge on any atom is 0.274 e. The molecule has 0 radical (unpaired) electrons. The highest BCUT2D eigenvalue weighted by Gasteiger charge is 2.40. The van der Waals surface area contributed by atoms with Crippen LogP contribution in [0.25, 0.3) is 17.3 Å². The van der Waals surface area contributed by atoms with Crippen LogP contribution in [0.2, 0.25) is 15.1 Å². The minimum absolute atomic E-state index is 0.0503. The Morgan fingerprint density at radius 1 is 0.884 bits per heavy atom. The van der Waals surface area contributed by atoms with Gasteiger partial charge in [0.1, 0.15) is 0 Å². The summed E-state index contributed by atoms with van der Waals surface area (Å²) < 4.78 is 1.82. The van der Waals surface area contributed by atoms with Crippen molar-refractivity contribution >= 4 is 58.3 Å². The number of nitrogens with zero attached hydrogens (tertiary/aromatic N) is 5. The van der Waals surface area contributed by atoms with Crippen LogP contribution in [0.4, 0.5) is 0 Å². The fourth-order valence-electron chi connectivity index (χ4n) is 6.26. The van der Waals surface area contributed by atoms with Crippen LogP contribution in [0.15, 0.2) is 42.5 Å². The normalized spacial score (nSPS) is 19.0. The van der Waals surface area contributed by atoms with Crippen LogP contribution in [0.3, 0.4) is 0 Å². The zero-order chi connectivity index (χ0) is 30.5. The van der Waals surface area contributed by atoms with E-state index in [1.807, 2.05) is 65.6 Å². The van der Waals surface area contributed by atoms with Gasteiger partial charge in [-0.25, -0.2) is 4.68 Å². The number of carbonyl (C=O) groups excluding carboxylic acids is 2. The van der Waals surface area contributed by atoms with Crippen LogP contribution in [-0.2, 0) is 11.2 Å². The molecular weight excluding hydrogens is 605 g/mol. The Kier molecular flexibility index (Phi) is 8.37. The van der Waals surface area contributed by atoms with Gasteiger partial charge in [0.2, 0.25) is 5.91 Å². The lowest BCUT2D eigenvalue weighted by molar-refractivity contribution is -0.142. The number of hydrogen-bond donors (Lipinski definition) is 0. The van der Waals surface area contributed by atoms with E-state index in [2.05, 4.69) is 11.0 Å². The first-order valence-corrected chi connectivity index (χ1v) is 16.0. The molecule has 2 amide bonds. The Bertz CT molecular complexity index is 1580. The standard InChI is InChI=1S/C33H36Cl3N5O2/c1-33(2,3)32(43)39-15-13-38(14-16-39)25-19-40(20-25)31(42)29-26-6-4-5-22(17-21-7-9-23(34)10-8-21)30(26)41(37-29)28-12-11-24(35)18-27(28)36/h7-12,17-18,25H,4-6,13-16,19-20H2,1-3H3/b22-17+. The van der Waals surface area contributed by atoms with E-state index in [-0.39, 0.29) is 17.2 Å². The lowest BCUT2D eigenvalue weighted by Crippen LogP contribution is -2.65. The fraction of sp³-hybridized carbons (Fsp3) is 0.424. The lowest BCUT2D eigenvalue weighted by atomic mass is 9.89. The van der Waals surface area contributed by atoms with Crippen LogP contribution in [0.5, 0.6) is 0 Å². The maximum atomic E-state index is 14.0. The van der Waals surface area contributed by atoms with E-state index in [1.165, 1.54) is 0 Å². The number of hydrogen-bond acceptors (Lipinski definition) is 4. The summed E-state index contributed by atoms with van der Waals surface area (Å²) in [4.78, 5) is 32.9. The van der Waals surface area contributed by atoms with Gasteiger partial charge in [0.25, 0.3) is 5.91 Å². The van der Waals surface area contributed by atoms with Crippen LogP contribution in [0.1, 0.15) is 60.9 Å². The minimum Gasteiger partial charge on any atom is -0.340 e. The van der Waals surface area contributed by atoms with Gasteiger partial charge in [-0.05, 0) is 66.8 Å². The van der Waals surface area contributed by atoms with E-state index in [0.717, 1.165) is 67.8 Å². The Hall–Kier alpha value is -2.84. The third kappa shape index (κ3) is 6.10. The van der Waals surface area contributed by atoms with Gasteiger partial charge in [-0.2, -0.15) is 5.10 Å². The molecule has 0 saturated carbocycles. The summed E-state index contributed by atoms with van der Waals surface area (Å²) in [6.45, 7) is 10.3. The molecule has 2 aromatic carbocycles. The molecule has 0 unspecified atom stereocenters. The number of carbonyl (C=O) groups is 2. The molecule has 1 aromatic heterocycles. The third-order valence-corrected chi connectivity index (χ3v) is 9.41. The van der Waals surface area contributed by atoms with E-state index in [9.17, 15) is 9.59 Å². The first-order valence-electron chi connectivity index (χ1n) is 14.9. The predicted molar refractivity (Wildman–Crippen MR) is 173 cm³/mol. The zero-order valence-electron chi connectivity index (χ0n) is 24.7. The summed E-state index contributed by atoms with van der Waals surface area (Å²) in [5.74, 6) is 0.147. The zero-order valence-corrected chi connectivity index (χ0v) is 27.0. The van der Waals surface area contributed by atoms with Crippen LogP contribution in [-0.4, -0.2) is 81.6 Å². The number of piperazine rings is 1. The number of fused-ring (bicyclic) bond motifs is 1. The summed E-state index contributed by atoms with van der Waals surface area (Å²) >= 11 is 19.0. The Balaban J connectivity index is 1.25. The molecule has 10 heteroatoms. The molecule has 2 aliphatic heterocycles. The summed E-state index contributed by atoms with van der Waals surface area (Å²) in [5, 5.41) is 6.63.